The number of hydrogen-bond acceptors (Lipinski definition) is 6. The molecule has 0 aliphatic carbocycles. The second-order valence-corrected chi connectivity index (χ2v) is 15.1. The summed E-state index contributed by atoms with van der Waals surface area (Å²) in [5.74, 6) is 0. The van der Waals surface area contributed by atoms with Gasteiger partial charge in [0.2, 0.25) is 0 Å². The van der Waals surface area contributed by atoms with Gasteiger partial charge in [0, 0.05) is 0 Å². The molecule has 0 aromatic carbocycles. The van der Waals surface area contributed by atoms with E-state index in [1.165, 1.54) is 0 Å². The summed E-state index contributed by atoms with van der Waals surface area (Å²) in [6.45, 7) is 6.63. The molecule has 0 aromatic heterocycles. The van der Waals surface area contributed by atoms with Gasteiger partial charge in [-0.25, -0.2) is 0 Å². The molecule has 0 aliphatic heterocycles. The van der Waals surface area contributed by atoms with Crippen molar-refractivity contribution in [2.24, 2.45) is 17.2 Å². The zero-order valence-corrected chi connectivity index (χ0v) is 20.3. The molecular formula is C21H49N3O3Ti. The van der Waals surface area contributed by atoms with Gasteiger partial charge in [-0.1, -0.05) is 0 Å². The van der Waals surface area contributed by atoms with Crippen molar-refractivity contribution < 1.29 is 26.0 Å². The maximum atomic E-state index is 14.3. The van der Waals surface area contributed by atoms with Crippen LogP contribution in [0.3, 0.4) is 0 Å². The molecule has 0 aliphatic rings. The van der Waals surface area contributed by atoms with Gasteiger partial charge in [-0.15, -0.1) is 0 Å². The first-order valence-corrected chi connectivity index (χ1v) is 15.8. The summed E-state index contributed by atoms with van der Waals surface area (Å²) in [4.78, 5) is 0. The summed E-state index contributed by atoms with van der Waals surface area (Å²) < 4.78 is 28.0. The summed E-state index contributed by atoms with van der Waals surface area (Å²) in [7, 11) is 0. The fourth-order valence-corrected chi connectivity index (χ4v) is 10.6. The Labute approximate surface area is 175 Å². The van der Waals surface area contributed by atoms with Crippen LogP contribution < -0.4 is 17.2 Å². The van der Waals surface area contributed by atoms with Gasteiger partial charge in [-0.2, -0.15) is 0 Å². The van der Waals surface area contributed by atoms with Gasteiger partial charge in [0.15, 0.2) is 0 Å². The van der Waals surface area contributed by atoms with Gasteiger partial charge in [0.05, 0.1) is 0 Å². The molecule has 28 heavy (non-hydrogen) atoms. The van der Waals surface area contributed by atoms with Crippen molar-refractivity contribution in [1.29, 1.82) is 0 Å². The Bertz CT molecular complexity index is 402. The topological polar surface area (TPSA) is 114 Å². The van der Waals surface area contributed by atoms with E-state index in [9.17, 15) is 3.32 Å². The van der Waals surface area contributed by atoms with Crippen molar-refractivity contribution in [3.05, 3.63) is 0 Å². The summed E-state index contributed by atoms with van der Waals surface area (Å²) in [6.07, 6.45) is 12.1. The summed E-state index contributed by atoms with van der Waals surface area (Å²) in [5, 5.41) is 0. The van der Waals surface area contributed by atoms with Crippen molar-refractivity contribution >= 4 is 0 Å². The predicted octanol–water partition coefficient (Wildman–Crippen LogP) is 4.69. The van der Waals surface area contributed by atoms with E-state index < -0.39 is 16.1 Å². The second kappa shape index (κ2) is 17.0. The molecule has 0 saturated carbocycles. The zero-order chi connectivity index (χ0) is 21.2. The fourth-order valence-electron chi connectivity index (χ4n) is 3.78. The molecular weight excluding hydrogens is 390 g/mol. The first-order valence-electron chi connectivity index (χ1n) is 11.7. The minimum absolute atomic E-state index is 0.0835. The Morgan fingerprint density at radius 2 is 1.04 bits per heavy atom. The van der Waals surface area contributed by atoms with Gasteiger partial charge < -0.3 is 0 Å². The van der Waals surface area contributed by atoms with Gasteiger partial charge in [0.1, 0.15) is 0 Å². The molecule has 0 aromatic rings. The standard InChI is InChI=1S/C6H14NO.2C6H14N.C3H7O.O.Ti/c7-5-3-1-2-4-6-8;2*1-2-3-4-5-6-7;1-3(2)4;;/h1-7H2;2*1-7H2;3H,1-2H3;;/q-1;;;-1;;+2. The molecule has 6 nitrogen and oxygen atoms in total. The van der Waals surface area contributed by atoms with E-state index in [1.54, 1.807) is 0 Å². The van der Waals surface area contributed by atoms with Gasteiger partial charge in [-0.05, 0) is 0 Å². The SMILES string of the molecule is CC(C)[O][Ti](=[O])([CH2]CCCCCN)([CH2]CCCCCN)[O]CCCCCCN. The average molecular weight is 440 g/mol. The van der Waals surface area contributed by atoms with Crippen LogP contribution >= 0.6 is 0 Å². The number of hydrogen-bond donors (Lipinski definition) is 3. The third-order valence-corrected chi connectivity index (χ3v) is 12.3. The number of nitrogens with two attached hydrogens (primary N) is 3. The van der Waals surface area contributed by atoms with Gasteiger partial charge >= 0.3 is 176 Å². The molecule has 0 spiro atoms. The molecule has 0 amide bonds. The molecule has 0 fully saturated rings. The molecule has 6 N–H and O–H groups in total. The van der Waals surface area contributed by atoms with E-state index in [1.807, 2.05) is 13.8 Å². The first kappa shape index (κ1) is 28.3. The molecule has 0 unspecified atom stereocenters. The van der Waals surface area contributed by atoms with Crippen LogP contribution in [-0.2, 0) is 26.0 Å². The molecule has 0 saturated heterocycles. The van der Waals surface area contributed by atoms with Crippen LogP contribution in [0, 0.1) is 0 Å². The van der Waals surface area contributed by atoms with E-state index >= 15 is 0 Å². The quantitative estimate of drug-likeness (QED) is 0.177. The Kier molecular flexibility index (Phi) is 17.2. The third-order valence-electron chi connectivity index (χ3n) is 5.25. The van der Waals surface area contributed by atoms with Crippen molar-refractivity contribution in [3.63, 3.8) is 0 Å². The molecule has 0 bridgehead atoms. The molecule has 0 heterocycles. The number of rotatable bonds is 21. The molecule has 0 rings (SSSR count). The van der Waals surface area contributed by atoms with Crippen LogP contribution in [0.15, 0.2) is 0 Å². The van der Waals surface area contributed by atoms with Crippen LogP contribution in [0.2, 0.25) is 9.45 Å². The molecule has 0 radical (unpaired) electrons. The van der Waals surface area contributed by atoms with Crippen LogP contribution in [0.1, 0.15) is 90.9 Å². The van der Waals surface area contributed by atoms with E-state index in [4.69, 9.17) is 23.8 Å². The summed E-state index contributed by atoms with van der Waals surface area (Å²) in [6, 6.07) is 0. The van der Waals surface area contributed by atoms with E-state index in [-0.39, 0.29) is 6.10 Å². The minimum atomic E-state index is -4.69. The second-order valence-electron chi connectivity index (χ2n) is 8.49. The van der Waals surface area contributed by atoms with E-state index in [0.29, 0.717) is 16.1 Å². The van der Waals surface area contributed by atoms with Crippen molar-refractivity contribution in [2.45, 2.75) is 106 Å². The zero-order valence-electron chi connectivity index (χ0n) is 18.8. The van der Waals surface area contributed by atoms with E-state index in [2.05, 4.69) is 0 Å². The van der Waals surface area contributed by atoms with Crippen LogP contribution in [0.25, 0.3) is 0 Å². The van der Waals surface area contributed by atoms with Gasteiger partial charge in [0.25, 0.3) is 0 Å². The van der Waals surface area contributed by atoms with Crippen LogP contribution in [0.4, 0.5) is 0 Å². The normalized spacial score (nSPS) is 12.8. The summed E-state index contributed by atoms with van der Waals surface area (Å²) in [5.41, 5.74) is 16.7. The summed E-state index contributed by atoms with van der Waals surface area (Å²) >= 11 is -4.69. The van der Waals surface area contributed by atoms with Crippen molar-refractivity contribution in [1.82, 2.24) is 0 Å². The third kappa shape index (κ3) is 14.3. The molecule has 170 valence electrons. The van der Waals surface area contributed by atoms with Crippen LogP contribution in [-0.4, -0.2) is 32.3 Å². The van der Waals surface area contributed by atoms with Crippen LogP contribution in [0.5, 0.6) is 0 Å². The monoisotopic (exact) mass is 439 g/mol. The Hall–Kier alpha value is 0.314. The Balaban J connectivity index is 4.90. The fraction of sp³-hybridized carbons (Fsp3) is 1.00. The maximum absolute atomic E-state index is 14.3. The number of unbranched alkanes of at least 4 members (excludes halogenated alkanes) is 9. The van der Waals surface area contributed by atoms with E-state index in [0.717, 1.165) is 96.7 Å². The Morgan fingerprint density at radius 3 is 1.43 bits per heavy atom. The Morgan fingerprint density at radius 1 is 0.643 bits per heavy atom. The average Bonchev–Trinajstić information content (AvgIpc) is 2.64. The molecule has 7 heteroatoms. The van der Waals surface area contributed by atoms with Crippen molar-refractivity contribution in [3.8, 4) is 0 Å². The molecule has 0 atom stereocenters. The van der Waals surface area contributed by atoms with Crippen molar-refractivity contribution in [2.75, 3.05) is 26.2 Å². The predicted molar refractivity (Wildman–Crippen MR) is 115 cm³/mol. The van der Waals surface area contributed by atoms with Gasteiger partial charge in [-0.3, -0.25) is 0 Å². The first-order chi connectivity index (χ1) is 13.4.